The van der Waals surface area contributed by atoms with Crippen molar-refractivity contribution in [3.8, 4) is 11.1 Å². The van der Waals surface area contributed by atoms with Crippen LogP contribution < -0.4 is 5.73 Å². The fourth-order valence-electron chi connectivity index (χ4n) is 2.62. The third kappa shape index (κ3) is 3.45. The predicted octanol–water partition coefficient (Wildman–Crippen LogP) is 4.44. The van der Waals surface area contributed by atoms with Crippen molar-refractivity contribution in [3.63, 3.8) is 0 Å². The first-order chi connectivity index (χ1) is 9.22. The number of rotatable bonds is 5. The van der Waals surface area contributed by atoms with E-state index in [1.165, 1.54) is 16.7 Å². The van der Waals surface area contributed by atoms with Crippen LogP contribution in [-0.4, -0.2) is 6.54 Å². The van der Waals surface area contributed by atoms with Gasteiger partial charge in [0.15, 0.2) is 0 Å². The minimum absolute atomic E-state index is 0.565. The van der Waals surface area contributed by atoms with E-state index in [1.54, 1.807) is 0 Å². The van der Waals surface area contributed by atoms with Crippen LogP contribution in [0.15, 0.2) is 54.6 Å². The molecule has 2 rings (SSSR count). The maximum atomic E-state index is 5.73. The standard InChI is InChI=1S/C18H23N/c1-14(2)18(12-13-19)17-10-8-16(9-11-17)15-6-4-3-5-7-15/h3-11,14,18H,12-13,19H2,1-2H3. The largest absolute Gasteiger partial charge is 0.330 e. The SMILES string of the molecule is CC(C)C(CCN)c1ccc(-c2ccccc2)cc1. The van der Waals surface area contributed by atoms with Crippen LogP contribution in [0, 0.1) is 5.92 Å². The summed E-state index contributed by atoms with van der Waals surface area (Å²) in [6.45, 7) is 5.29. The molecule has 0 bridgehead atoms. The Hall–Kier alpha value is -1.60. The average molecular weight is 253 g/mol. The first-order valence-electron chi connectivity index (χ1n) is 7.08. The van der Waals surface area contributed by atoms with E-state index in [0.29, 0.717) is 11.8 Å². The van der Waals surface area contributed by atoms with Crippen molar-refractivity contribution in [1.82, 2.24) is 0 Å². The summed E-state index contributed by atoms with van der Waals surface area (Å²) in [4.78, 5) is 0. The Morgan fingerprint density at radius 2 is 1.42 bits per heavy atom. The van der Waals surface area contributed by atoms with Gasteiger partial charge in [0.1, 0.15) is 0 Å². The number of benzene rings is 2. The Labute approximate surface area is 116 Å². The Morgan fingerprint density at radius 1 is 0.842 bits per heavy atom. The fourth-order valence-corrected chi connectivity index (χ4v) is 2.62. The molecule has 0 saturated carbocycles. The van der Waals surface area contributed by atoms with E-state index in [0.717, 1.165) is 13.0 Å². The highest BCUT2D eigenvalue weighted by Gasteiger charge is 2.14. The van der Waals surface area contributed by atoms with Crippen LogP contribution in [0.5, 0.6) is 0 Å². The zero-order valence-electron chi connectivity index (χ0n) is 11.8. The minimum atomic E-state index is 0.565. The van der Waals surface area contributed by atoms with Gasteiger partial charge in [-0.1, -0.05) is 68.4 Å². The number of hydrogen-bond donors (Lipinski definition) is 1. The van der Waals surface area contributed by atoms with Gasteiger partial charge in [-0.15, -0.1) is 0 Å². The monoisotopic (exact) mass is 253 g/mol. The molecule has 0 amide bonds. The van der Waals surface area contributed by atoms with Crippen LogP contribution in [0.3, 0.4) is 0 Å². The third-order valence-electron chi connectivity index (χ3n) is 3.73. The van der Waals surface area contributed by atoms with E-state index >= 15 is 0 Å². The maximum Gasteiger partial charge on any atom is -0.00713 e. The van der Waals surface area contributed by atoms with E-state index in [2.05, 4.69) is 62.4 Å². The van der Waals surface area contributed by atoms with Crippen molar-refractivity contribution in [2.45, 2.75) is 26.2 Å². The lowest BCUT2D eigenvalue weighted by Crippen LogP contribution is -2.12. The van der Waals surface area contributed by atoms with E-state index in [-0.39, 0.29) is 0 Å². The first-order valence-corrected chi connectivity index (χ1v) is 7.08. The molecule has 2 aromatic carbocycles. The van der Waals surface area contributed by atoms with Crippen molar-refractivity contribution in [2.24, 2.45) is 11.7 Å². The van der Waals surface area contributed by atoms with Crippen LogP contribution in [0.1, 0.15) is 31.7 Å². The molecule has 0 aliphatic rings. The van der Waals surface area contributed by atoms with Gasteiger partial charge in [-0.2, -0.15) is 0 Å². The first kappa shape index (κ1) is 13.8. The molecule has 100 valence electrons. The van der Waals surface area contributed by atoms with Gasteiger partial charge in [-0.3, -0.25) is 0 Å². The second-order valence-electron chi connectivity index (χ2n) is 5.42. The summed E-state index contributed by atoms with van der Waals surface area (Å²) >= 11 is 0. The normalized spacial score (nSPS) is 12.6. The average Bonchev–Trinajstić information content (AvgIpc) is 2.46. The van der Waals surface area contributed by atoms with Crippen LogP contribution >= 0.6 is 0 Å². The summed E-state index contributed by atoms with van der Waals surface area (Å²) in [5.74, 6) is 1.20. The zero-order chi connectivity index (χ0) is 13.7. The minimum Gasteiger partial charge on any atom is -0.330 e. The highest BCUT2D eigenvalue weighted by molar-refractivity contribution is 5.63. The molecular formula is C18H23N. The highest BCUT2D eigenvalue weighted by atomic mass is 14.5. The summed E-state index contributed by atoms with van der Waals surface area (Å²) in [5.41, 5.74) is 9.68. The molecule has 1 heteroatoms. The third-order valence-corrected chi connectivity index (χ3v) is 3.73. The van der Waals surface area contributed by atoms with Gasteiger partial charge < -0.3 is 5.73 Å². The molecule has 0 saturated heterocycles. The van der Waals surface area contributed by atoms with Crippen molar-refractivity contribution in [2.75, 3.05) is 6.54 Å². The van der Waals surface area contributed by atoms with E-state index in [4.69, 9.17) is 5.73 Å². The topological polar surface area (TPSA) is 26.0 Å². The zero-order valence-corrected chi connectivity index (χ0v) is 11.8. The molecule has 0 aliphatic heterocycles. The quantitative estimate of drug-likeness (QED) is 0.837. The Kier molecular flexibility index (Phi) is 4.75. The van der Waals surface area contributed by atoms with Crippen LogP contribution in [-0.2, 0) is 0 Å². The van der Waals surface area contributed by atoms with Crippen LogP contribution in [0.4, 0.5) is 0 Å². The summed E-state index contributed by atoms with van der Waals surface area (Å²) in [6.07, 6.45) is 1.06. The molecule has 2 aromatic rings. The van der Waals surface area contributed by atoms with Gasteiger partial charge in [-0.25, -0.2) is 0 Å². The molecule has 1 nitrogen and oxygen atoms in total. The Morgan fingerprint density at radius 3 is 1.95 bits per heavy atom. The maximum absolute atomic E-state index is 5.73. The number of hydrogen-bond acceptors (Lipinski definition) is 1. The summed E-state index contributed by atoms with van der Waals surface area (Å²) < 4.78 is 0. The summed E-state index contributed by atoms with van der Waals surface area (Å²) in [7, 11) is 0. The van der Waals surface area contributed by atoms with Gasteiger partial charge in [0.05, 0.1) is 0 Å². The summed E-state index contributed by atoms with van der Waals surface area (Å²) in [5, 5.41) is 0. The summed E-state index contributed by atoms with van der Waals surface area (Å²) in [6, 6.07) is 19.4. The second-order valence-corrected chi connectivity index (χ2v) is 5.42. The molecular weight excluding hydrogens is 230 g/mol. The van der Waals surface area contributed by atoms with Crippen molar-refractivity contribution < 1.29 is 0 Å². The smallest absolute Gasteiger partial charge is 0.00713 e. The lowest BCUT2D eigenvalue weighted by Gasteiger charge is -2.21. The van der Waals surface area contributed by atoms with Gasteiger partial charge in [-0.05, 0) is 41.5 Å². The molecule has 0 radical (unpaired) electrons. The molecule has 0 fully saturated rings. The highest BCUT2D eigenvalue weighted by Crippen LogP contribution is 2.29. The van der Waals surface area contributed by atoms with E-state index in [9.17, 15) is 0 Å². The molecule has 1 unspecified atom stereocenters. The molecule has 0 aliphatic carbocycles. The van der Waals surface area contributed by atoms with E-state index in [1.807, 2.05) is 6.07 Å². The van der Waals surface area contributed by atoms with Crippen molar-refractivity contribution >= 4 is 0 Å². The van der Waals surface area contributed by atoms with Crippen molar-refractivity contribution in [3.05, 3.63) is 60.2 Å². The van der Waals surface area contributed by atoms with Gasteiger partial charge in [0, 0.05) is 0 Å². The molecule has 2 N–H and O–H groups in total. The molecule has 0 heterocycles. The molecule has 1 atom stereocenters. The number of nitrogens with two attached hydrogens (primary N) is 1. The van der Waals surface area contributed by atoms with Gasteiger partial charge >= 0.3 is 0 Å². The van der Waals surface area contributed by atoms with Gasteiger partial charge in [0.25, 0.3) is 0 Å². The fraction of sp³-hybridized carbons (Fsp3) is 0.333. The lowest BCUT2D eigenvalue weighted by atomic mass is 9.85. The van der Waals surface area contributed by atoms with E-state index < -0.39 is 0 Å². The van der Waals surface area contributed by atoms with Crippen LogP contribution in [0.2, 0.25) is 0 Å². The van der Waals surface area contributed by atoms with Crippen LogP contribution in [0.25, 0.3) is 11.1 Å². The molecule has 0 aromatic heterocycles. The predicted molar refractivity (Wildman–Crippen MR) is 83.1 cm³/mol. The van der Waals surface area contributed by atoms with Crippen molar-refractivity contribution in [1.29, 1.82) is 0 Å². The Bertz CT molecular complexity index is 485. The molecule has 19 heavy (non-hydrogen) atoms. The molecule has 0 spiro atoms. The Balaban J connectivity index is 2.22. The van der Waals surface area contributed by atoms with Gasteiger partial charge in [0.2, 0.25) is 0 Å². The lowest BCUT2D eigenvalue weighted by molar-refractivity contribution is 0.473. The second kappa shape index (κ2) is 6.53.